The van der Waals surface area contributed by atoms with Gasteiger partial charge in [0.25, 0.3) is 0 Å². The average Bonchev–Trinajstić information content (AvgIpc) is 2.55. The zero-order valence-electron chi connectivity index (χ0n) is 13.9. The summed E-state index contributed by atoms with van der Waals surface area (Å²) in [4.78, 5) is 0. The van der Waals surface area contributed by atoms with Gasteiger partial charge in [-0.3, -0.25) is 0 Å². The smallest absolute Gasteiger partial charge is 0.387 e. The van der Waals surface area contributed by atoms with Crippen molar-refractivity contribution in [1.29, 1.82) is 0 Å². The molecule has 1 saturated carbocycles. The molecule has 0 bridgehead atoms. The second-order valence-corrected chi connectivity index (χ2v) is 6.50. The van der Waals surface area contributed by atoms with E-state index in [0.717, 1.165) is 43.7 Å². The Morgan fingerprint density at radius 3 is 2.21 bits per heavy atom. The van der Waals surface area contributed by atoms with Gasteiger partial charge in [-0.1, -0.05) is 25.0 Å². The summed E-state index contributed by atoms with van der Waals surface area (Å²) in [6.07, 6.45) is 11.5. The van der Waals surface area contributed by atoms with Crippen molar-refractivity contribution < 1.29 is 22.3 Å². The SMILES string of the molecule is CC=CCC1CCC(CCc2cc(F)c(OC(F)F)c(F)c2)CC1. The molecule has 1 fully saturated rings. The third kappa shape index (κ3) is 5.53. The maximum atomic E-state index is 13.7. The Morgan fingerprint density at radius 1 is 1.08 bits per heavy atom. The molecule has 0 aliphatic heterocycles. The van der Waals surface area contributed by atoms with E-state index < -0.39 is 24.0 Å². The van der Waals surface area contributed by atoms with E-state index in [1.165, 1.54) is 12.8 Å². The summed E-state index contributed by atoms with van der Waals surface area (Å²) in [7, 11) is 0. The summed E-state index contributed by atoms with van der Waals surface area (Å²) in [6.45, 7) is -1.21. The molecule has 0 amide bonds. The van der Waals surface area contributed by atoms with Crippen molar-refractivity contribution in [3.05, 3.63) is 41.5 Å². The molecule has 2 rings (SSSR count). The fourth-order valence-electron chi connectivity index (χ4n) is 3.41. The van der Waals surface area contributed by atoms with Crippen LogP contribution in [-0.2, 0) is 6.42 Å². The van der Waals surface area contributed by atoms with Gasteiger partial charge in [-0.15, -0.1) is 0 Å². The van der Waals surface area contributed by atoms with Crippen LogP contribution in [0.1, 0.15) is 51.0 Å². The van der Waals surface area contributed by atoms with Crippen LogP contribution in [0.5, 0.6) is 5.75 Å². The van der Waals surface area contributed by atoms with Crippen LogP contribution in [0.2, 0.25) is 0 Å². The fraction of sp³-hybridized carbons (Fsp3) is 0.579. The summed E-state index contributed by atoms with van der Waals surface area (Å²) in [5.41, 5.74) is 0.489. The van der Waals surface area contributed by atoms with Gasteiger partial charge in [0.1, 0.15) is 0 Å². The Balaban J connectivity index is 1.85. The largest absolute Gasteiger partial charge is 0.429 e. The monoisotopic (exact) mass is 344 g/mol. The number of halogens is 4. The van der Waals surface area contributed by atoms with Gasteiger partial charge in [0.15, 0.2) is 17.4 Å². The molecule has 0 saturated heterocycles. The summed E-state index contributed by atoms with van der Waals surface area (Å²) in [5, 5.41) is 0. The molecule has 0 N–H and O–H groups in total. The van der Waals surface area contributed by atoms with Crippen molar-refractivity contribution in [1.82, 2.24) is 0 Å². The highest BCUT2D eigenvalue weighted by Gasteiger charge is 2.21. The molecular weight excluding hydrogens is 320 g/mol. The van der Waals surface area contributed by atoms with E-state index in [4.69, 9.17) is 0 Å². The normalized spacial score (nSPS) is 21.6. The minimum atomic E-state index is -3.24. The molecule has 1 aromatic rings. The quantitative estimate of drug-likeness (QED) is 0.418. The van der Waals surface area contributed by atoms with Crippen molar-refractivity contribution in [3.63, 3.8) is 0 Å². The molecule has 0 spiro atoms. The van der Waals surface area contributed by atoms with E-state index in [2.05, 4.69) is 16.9 Å². The van der Waals surface area contributed by atoms with Gasteiger partial charge in [-0.2, -0.15) is 8.78 Å². The molecule has 0 heterocycles. The van der Waals surface area contributed by atoms with Gasteiger partial charge in [-0.25, -0.2) is 8.78 Å². The van der Waals surface area contributed by atoms with Crippen molar-refractivity contribution >= 4 is 0 Å². The number of ether oxygens (including phenoxy) is 1. The minimum absolute atomic E-state index is 0.489. The first-order valence-corrected chi connectivity index (χ1v) is 8.53. The number of allylic oxidation sites excluding steroid dienone is 2. The molecule has 0 atom stereocenters. The van der Waals surface area contributed by atoms with Crippen molar-refractivity contribution in [3.8, 4) is 5.75 Å². The van der Waals surface area contributed by atoms with Crippen molar-refractivity contribution in [2.75, 3.05) is 0 Å². The predicted molar refractivity (Wildman–Crippen MR) is 86.2 cm³/mol. The lowest BCUT2D eigenvalue weighted by Gasteiger charge is -2.28. The van der Waals surface area contributed by atoms with Crippen LogP contribution < -0.4 is 4.74 Å². The number of hydrogen-bond acceptors (Lipinski definition) is 1. The Kier molecular flexibility index (Phi) is 7.13. The molecule has 0 unspecified atom stereocenters. The highest BCUT2D eigenvalue weighted by Crippen LogP contribution is 2.34. The van der Waals surface area contributed by atoms with Crippen LogP contribution in [0.4, 0.5) is 17.6 Å². The summed E-state index contributed by atoms with van der Waals surface area (Å²) in [5.74, 6) is -1.83. The third-order valence-electron chi connectivity index (χ3n) is 4.78. The Labute approximate surface area is 140 Å². The van der Waals surface area contributed by atoms with Gasteiger partial charge >= 0.3 is 6.61 Å². The molecule has 1 aliphatic carbocycles. The first-order chi connectivity index (χ1) is 11.5. The molecule has 0 radical (unpaired) electrons. The molecule has 1 aromatic carbocycles. The second kappa shape index (κ2) is 9.09. The molecule has 0 aromatic heterocycles. The average molecular weight is 344 g/mol. The number of benzene rings is 1. The zero-order chi connectivity index (χ0) is 17.5. The second-order valence-electron chi connectivity index (χ2n) is 6.50. The van der Waals surface area contributed by atoms with Crippen LogP contribution in [-0.4, -0.2) is 6.61 Å². The third-order valence-corrected chi connectivity index (χ3v) is 4.78. The molecule has 1 nitrogen and oxygen atoms in total. The fourth-order valence-corrected chi connectivity index (χ4v) is 3.41. The maximum absolute atomic E-state index is 13.7. The van der Waals surface area contributed by atoms with Crippen LogP contribution in [0.25, 0.3) is 0 Å². The lowest BCUT2D eigenvalue weighted by atomic mass is 9.78. The minimum Gasteiger partial charge on any atom is -0.429 e. The van der Waals surface area contributed by atoms with Crippen LogP contribution in [0.3, 0.4) is 0 Å². The van der Waals surface area contributed by atoms with Crippen LogP contribution >= 0.6 is 0 Å². The van der Waals surface area contributed by atoms with E-state index in [0.29, 0.717) is 17.9 Å². The van der Waals surface area contributed by atoms with Gasteiger partial charge in [0.05, 0.1) is 0 Å². The summed E-state index contributed by atoms with van der Waals surface area (Å²) < 4.78 is 55.5. The van der Waals surface area contributed by atoms with E-state index in [9.17, 15) is 17.6 Å². The zero-order valence-corrected chi connectivity index (χ0v) is 13.9. The highest BCUT2D eigenvalue weighted by molar-refractivity contribution is 5.31. The number of rotatable bonds is 7. The van der Waals surface area contributed by atoms with E-state index in [-0.39, 0.29) is 0 Å². The topological polar surface area (TPSA) is 9.23 Å². The summed E-state index contributed by atoms with van der Waals surface area (Å²) >= 11 is 0. The Morgan fingerprint density at radius 2 is 1.67 bits per heavy atom. The van der Waals surface area contributed by atoms with E-state index in [1.807, 2.05) is 6.92 Å². The Bertz CT molecular complexity index is 525. The molecular formula is C19H24F4O. The van der Waals surface area contributed by atoms with Crippen LogP contribution in [0.15, 0.2) is 24.3 Å². The molecule has 24 heavy (non-hydrogen) atoms. The van der Waals surface area contributed by atoms with Gasteiger partial charge in [-0.05, 0) is 68.6 Å². The lowest BCUT2D eigenvalue weighted by molar-refractivity contribution is -0.0546. The number of aryl methyl sites for hydroxylation is 1. The molecule has 134 valence electrons. The van der Waals surface area contributed by atoms with Gasteiger partial charge < -0.3 is 4.74 Å². The molecule has 1 aliphatic rings. The van der Waals surface area contributed by atoms with Gasteiger partial charge in [0, 0.05) is 0 Å². The number of hydrogen-bond donors (Lipinski definition) is 0. The molecule has 5 heteroatoms. The predicted octanol–water partition coefficient (Wildman–Crippen LogP) is 6.27. The van der Waals surface area contributed by atoms with E-state index >= 15 is 0 Å². The number of alkyl halides is 2. The first kappa shape index (κ1) is 18.8. The lowest BCUT2D eigenvalue weighted by Crippen LogP contribution is -2.15. The Hall–Kier alpha value is -1.52. The standard InChI is InChI=1S/C19H24F4O/c1-2-3-4-13-5-7-14(8-6-13)9-10-15-11-16(20)18(17(21)12-15)24-19(22)23/h2-3,11-14,19H,4-10H2,1H3. The van der Waals surface area contributed by atoms with E-state index in [1.54, 1.807) is 0 Å². The summed E-state index contributed by atoms with van der Waals surface area (Å²) in [6, 6.07) is 2.19. The highest BCUT2D eigenvalue weighted by atomic mass is 19.3. The van der Waals surface area contributed by atoms with Crippen molar-refractivity contribution in [2.24, 2.45) is 11.8 Å². The maximum Gasteiger partial charge on any atom is 0.387 e. The van der Waals surface area contributed by atoms with Crippen LogP contribution in [0, 0.1) is 23.5 Å². The van der Waals surface area contributed by atoms with Gasteiger partial charge in [0.2, 0.25) is 0 Å². The van der Waals surface area contributed by atoms with Crippen molar-refractivity contribution in [2.45, 2.75) is 58.5 Å². The first-order valence-electron chi connectivity index (χ1n) is 8.53.